The maximum Gasteiger partial charge on any atom is 0.256 e. The molecule has 0 bridgehead atoms. The monoisotopic (exact) mass is 437 g/mol. The second kappa shape index (κ2) is 8.75. The van der Waals surface area contributed by atoms with E-state index < -0.39 is 36.5 Å². The number of aromatic nitrogens is 3. The molecular weight excluding hydrogens is 419 g/mol. The minimum atomic E-state index is -2.32. The van der Waals surface area contributed by atoms with Gasteiger partial charge in [-0.3, -0.25) is 9.78 Å². The molecule has 2 unspecified atom stereocenters. The van der Waals surface area contributed by atoms with Crippen LogP contribution in [0.15, 0.2) is 55.1 Å². The lowest BCUT2D eigenvalue weighted by atomic mass is 9.85. The number of benzene rings is 1. The first-order chi connectivity index (χ1) is 15.4. The minimum absolute atomic E-state index is 0.00719. The van der Waals surface area contributed by atoms with Crippen LogP contribution in [0.5, 0.6) is 0 Å². The Bertz CT molecular complexity index is 1180. The van der Waals surface area contributed by atoms with E-state index in [-0.39, 0.29) is 29.7 Å². The molecule has 162 valence electrons. The molecule has 1 fully saturated rings. The smallest absolute Gasteiger partial charge is 0.256 e. The maximum atomic E-state index is 15.4. The van der Waals surface area contributed by atoms with E-state index in [4.69, 9.17) is 5.26 Å². The zero-order chi connectivity index (χ0) is 22.7. The van der Waals surface area contributed by atoms with Crippen LogP contribution in [-0.2, 0) is 6.42 Å². The van der Waals surface area contributed by atoms with Crippen LogP contribution in [0, 0.1) is 17.1 Å². The fraction of sp³-hybridized carbons (Fsp3) is 0.261. The Morgan fingerprint density at radius 2 is 2.09 bits per heavy atom. The zero-order valence-electron chi connectivity index (χ0n) is 16.9. The molecule has 2 atom stereocenters. The summed E-state index contributed by atoms with van der Waals surface area (Å²) in [5, 5.41) is 8.83. The third kappa shape index (κ3) is 4.17. The number of alkyl halides is 2. The number of hydrogen-bond acceptors (Lipinski definition) is 5. The highest BCUT2D eigenvalue weighted by molar-refractivity contribution is 5.99. The van der Waals surface area contributed by atoms with Gasteiger partial charge in [0.05, 0.1) is 29.4 Å². The van der Waals surface area contributed by atoms with Gasteiger partial charge in [-0.25, -0.2) is 23.1 Å². The molecule has 0 saturated carbocycles. The number of rotatable bonds is 4. The summed E-state index contributed by atoms with van der Waals surface area (Å²) in [4.78, 5) is 26.5. The summed E-state index contributed by atoms with van der Waals surface area (Å²) in [7, 11) is 0. The quantitative estimate of drug-likeness (QED) is 0.622. The summed E-state index contributed by atoms with van der Waals surface area (Å²) < 4.78 is 44.6. The first kappa shape index (κ1) is 21.4. The first-order valence-electron chi connectivity index (χ1n) is 9.93. The number of nitrogens with zero attached hydrogens (tertiary/aromatic N) is 5. The fourth-order valence-corrected chi connectivity index (χ4v) is 3.77. The molecule has 2 aromatic heterocycles. The van der Waals surface area contributed by atoms with Crippen LogP contribution in [0.2, 0.25) is 0 Å². The highest BCUT2D eigenvalue weighted by atomic mass is 19.2. The molecule has 1 aliphatic heterocycles. The summed E-state index contributed by atoms with van der Waals surface area (Å²) in [6.45, 7) is -0.503. The Morgan fingerprint density at radius 3 is 2.78 bits per heavy atom. The molecule has 0 spiro atoms. The van der Waals surface area contributed by atoms with Crippen molar-refractivity contribution in [2.24, 2.45) is 0 Å². The zero-order valence-corrected chi connectivity index (χ0v) is 16.9. The molecule has 6 nitrogen and oxygen atoms in total. The number of carbonyl (C=O) groups excluding carboxylic acids is 1. The molecule has 3 aromatic rings. The largest absolute Gasteiger partial charge is 0.335 e. The van der Waals surface area contributed by atoms with Crippen molar-refractivity contribution in [3.05, 3.63) is 77.6 Å². The number of nitriles is 1. The maximum absolute atomic E-state index is 15.4. The number of pyridine rings is 1. The van der Waals surface area contributed by atoms with E-state index in [1.165, 1.54) is 35.8 Å². The van der Waals surface area contributed by atoms with Crippen molar-refractivity contribution in [2.45, 2.75) is 24.7 Å². The lowest BCUT2D eigenvalue weighted by molar-refractivity contribution is -0.0173. The molecule has 1 saturated heterocycles. The molecule has 9 heteroatoms. The highest BCUT2D eigenvalue weighted by Gasteiger charge is 2.46. The van der Waals surface area contributed by atoms with Crippen molar-refractivity contribution in [2.75, 3.05) is 13.1 Å². The van der Waals surface area contributed by atoms with Crippen molar-refractivity contribution in [3.8, 4) is 17.5 Å². The molecule has 0 aliphatic carbocycles. The van der Waals surface area contributed by atoms with Gasteiger partial charge in [0.25, 0.3) is 5.91 Å². The van der Waals surface area contributed by atoms with E-state index in [1.54, 1.807) is 24.3 Å². The predicted molar refractivity (Wildman–Crippen MR) is 109 cm³/mol. The molecule has 4 rings (SSSR count). The SMILES string of the molecule is N#Cc1ccc(CC2(F)CCN(C(=O)c3cccnc3-c3ccncn3)CC2F)c(F)c1. The van der Waals surface area contributed by atoms with E-state index in [0.717, 1.165) is 6.07 Å². The van der Waals surface area contributed by atoms with Crippen LogP contribution in [0.3, 0.4) is 0 Å². The van der Waals surface area contributed by atoms with E-state index in [9.17, 15) is 13.6 Å². The van der Waals surface area contributed by atoms with Crippen molar-refractivity contribution in [1.29, 1.82) is 5.26 Å². The highest BCUT2D eigenvalue weighted by Crippen LogP contribution is 2.34. The van der Waals surface area contributed by atoms with Gasteiger partial charge in [-0.05, 0) is 35.9 Å². The number of amides is 1. The van der Waals surface area contributed by atoms with E-state index in [2.05, 4.69) is 15.0 Å². The lowest BCUT2D eigenvalue weighted by Crippen LogP contribution is -2.53. The van der Waals surface area contributed by atoms with Crippen LogP contribution < -0.4 is 0 Å². The molecular formula is C23H18F3N5O. The van der Waals surface area contributed by atoms with Crippen molar-refractivity contribution >= 4 is 5.91 Å². The molecule has 1 amide bonds. The molecule has 32 heavy (non-hydrogen) atoms. The Labute approximate surface area is 182 Å². The van der Waals surface area contributed by atoms with Gasteiger partial charge in [0.2, 0.25) is 0 Å². The van der Waals surface area contributed by atoms with Gasteiger partial charge in [0, 0.05) is 31.8 Å². The second-order valence-corrected chi connectivity index (χ2v) is 7.59. The number of hydrogen-bond donors (Lipinski definition) is 0. The normalized spacial score (nSPS) is 20.6. The van der Waals surface area contributed by atoms with Crippen LogP contribution in [-0.4, -0.2) is 50.7 Å². The molecule has 1 aromatic carbocycles. The Kier molecular flexibility index (Phi) is 5.86. The summed E-state index contributed by atoms with van der Waals surface area (Å²) in [5.41, 5.74) is -1.24. The van der Waals surface area contributed by atoms with Crippen LogP contribution >= 0.6 is 0 Å². The molecule has 0 radical (unpaired) electrons. The van der Waals surface area contributed by atoms with Gasteiger partial charge in [-0.15, -0.1) is 0 Å². The van der Waals surface area contributed by atoms with Gasteiger partial charge in [0.15, 0.2) is 6.17 Å². The standard InChI is InChI=1S/C23H18F3N5O/c24-18-10-15(12-27)3-4-16(18)11-23(26)6-9-31(13-20(23)25)22(32)17-2-1-7-29-21(17)19-5-8-28-14-30-19/h1-5,7-8,10,14,20H,6,9,11,13H2. The average Bonchev–Trinajstić information content (AvgIpc) is 2.82. The van der Waals surface area contributed by atoms with Gasteiger partial charge >= 0.3 is 0 Å². The van der Waals surface area contributed by atoms with E-state index >= 15 is 4.39 Å². The summed E-state index contributed by atoms with van der Waals surface area (Å²) in [6.07, 6.45) is 1.59. The first-order valence-corrected chi connectivity index (χ1v) is 9.93. The molecule has 0 N–H and O–H groups in total. The van der Waals surface area contributed by atoms with Crippen molar-refractivity contribution in [3.63, 3.8) is 0 Å². The number of halogens is 3. The van der Waals surface area contributed by atoms with Crippen molar-refractivity contribution < 1.29 is 18.0 Å². The summed E-state index contributed by atoms with van der Waals surface area (Å²) in [5.74, 6) is -1.24. The number of piperidine rings is 1. The number of likely N-dealkylation sites (tertiary alicyclic amines) is 1. The molecule has 3 heterocycles. The second-order valence-electron chi connectivity index (χ2n) is 7.59. The van der Waals surface area contributed by atoms with Crippen molar-refractivity contribution in [1.82, 2.24) is 19.9 Å². The topological polar surface area (TPSA) is 82.8 Å². The lowest BCUT2D eigenvalue weighted by Gasteiger charge is -2.39. The van der Waals surface area contributed by atoms with Crippen LogP contribution in [0.1, 0.15) is 27.9 Å². The third-order valence-corrected chi connectivity index (χ3v) is 5.56. The minimum Gasteiger partial charge on any atom is -0.335 e. The van der Waals surface area contributed by atoms with E-state index in [1.807, 2.05) is 0 Å². The summed E-state index contributed by atoms with van der Waals surface area (Å²) in [6, 6.07) is 10.2. The Morgan fingerprint density at radius 1 is 1.25 bits per heavy atom. The van der Waals surface area contributed by atoms with Gasteiger partial charge < -0.3 is 4.90 Å². The van der Waals surface area contributed by atoms with Gasteiger partial charge in [-0.2, -0.15) is 5.26 Å². The fourth-order valence-electron chi connectivity index (χ4n) is 3.77. The summed E-state index contributed by atoms with van der Waals surface area (Å²) >= 11 is 0. The predicted octanol–water partition coefficient (Wildman–Crippen LogP) is 3.68. The van der Waals surface area contributed by atoms with Crippen LogP contribution in [0.4, 0.5) is 13.2 Å². The average molecular weight is 437 g/mol. The number of carbonyl (C=O) groups is 1. The van der Waals surface area contributed by atoms with Crippen LogP contribution in [0.25, 0.3) is 11.4 Å². The van der Waals surface area contributed by atoms with Gasteiger partial charge in [-0.1, -0.05) is 6.07 Å². The molecule has 1 aliphatic rings. The third-order valence-electron chi connectivity index (χ3n) is 5.56. The Hall–Kier alpha value is -3.80. The Balaban J connectivity index is 1.52. The van der Waals surface area contributed by atoms with Gasteiger partial charge in [0.1, 0.15) is 23.5 Å². The van der Waals surface area contributed by atoms with E-state index in [0.29, 0.717) is 11.4 Å².